The van der Waals surface area contributed by atoms with Crippen LogP contribution in [0.25, 0.3) is 0 Å². The molecule has 122 valence electrons. The van der Waals surface area contributed by atoms with Gasteiger partial charge in [-0.3, -0.25) is 4.79 Å². The average molecular weight is 330 g/mol. The van der Waals surface area contributed by atoms with Crippen LogP contribution in [-0.2, 0) is 11.2 Å². The van der Waals surface area contributed by atoms with Crippen LogP contribution in [0, 0.1) is 12.3 Å². The lowest BCUT2D eigenvalue weighted by atomic mass is 9.85. The zero-order valence-electron chi connectivity index (χ0n) is 13.5. The molecule has 0 aliphatic carbocycles. The number of carbonyl (C=O) groups is 1. The fraction of sp³-hybridized carbons (Fsp3) is 0.316. The van der Waals surface area contributed by atoms with Crippen LogP contribution >= 0.6 is 11.8 Å². The summed E-state index contributed by atoms with van der Waals surface area (Å²) >= 11 is 1.70. The lowest BCUT2D eigenvalue weighted by molar-refractivity contribution is -0.150. The molecule has 4 heteroatoms. The zero-order chi connectivity index (χ0) is 16.9. The second-order valence-electron chi connectivity index (χ2n) is 6.08. The first-order valence-electron chi connectivity index (χ1n) is 7.61. The molecule has 0 fully saturated rings. The number of aliphatic hydroxyl groups excluding tert-OH is 1. The molecule has 1 unspecified atom stereocenters. The van der Waals surface area contributed by atoms with E-state index in [1.165, 1.54) is 10.5 Å². The lowest BCUT2D eigenvalue weighted by Gasteiger charge is -2.21. The van der Waals surface area contributed by atoms with Crippen LogP contribution in [0.4, 0.5) is 0 Å². The fourth-order valence-corrected chi connectivity index (χ4v) is 2.96. The monoisotopic (exact) mass is 330 g/mol. The van der Waals surface area contributed by atoms with E-state index in [4.69, 9.17) is 0 Å². The van der Waals surface area contributed by atoms with E-state index < -0.39 is 11.4 Å². The van der Waals surface area contributed by atoms with E-state index >= 15 is 0 Å². The number of carboxylic acid groups (broad SMARTS) is 1. The van der Waals surface area contributed by atoms with Crippen LogP contribution in [-0.4, -0.2) is 22.8 Å². The summed E-state index contributed by atoms with van der Waals surface area (Å²) in [5, 5.41) is 18.5. The summed E-state index contributed by atoms with van der Waals surface area (Å²) in [6.07, 6.45) is 1.06. The normalized spacial score (nSPS) is 13.5. The van der Waals surface area contributed by atoms with E-state index in [2.05, 4.69) is 43.3 Å². The quantitative estimate of drug-likeness (QED) is 0.800. The van der Waals surface area contributed by atoms with Crippen molar-refractivity contribution in [2.75, 3.05) is 6.61 Å². The first kappa shape index (κ1) is 17.6. The minimum absolute atomic E-state index is 0.344. The smallest absolute Gasteiger partial charge is 0.311 e. The zero-order valence-corrected chi connectivity index (χ0v) is 14.3. The van der Waals surface area contributed by atoms with Crippen LogP contribution in [0.15, 0.2) is 58.3 Å². The minimum Gasteiger partial charge on any atom is -0.481 e. The van der Waals surface area contributed by atoms with Gasteiger partial charge in [0, 0.05) is 9.79 Å². The third kappa shape index (κ3) is 4.85. The van der Waals surface area contributed by atoms with Gasteiger partial charge in [-0.05, 0) is 56.5 Å². The maximum Gasteiger partial charge on any atom is 0.311 e. The molecule has 3 nitrogen and oxygen atoms in total. The highest BCUT2D eigenvalue weighted by Gasteiger charge is 2.31. The van der Waals surface area contributed by atoms with Gasteiger partial charge in [0.15, 0.2) is 0 Å². The number of carboxylic acids is 1. The summed E-state index contributed by atoms with van der Waals surface area (Å²) in [7, 11) is 0. The van der Waals surface area contributed by atoms with Crippen molar-refractivity contribution in [3.63, 3.8) is 0 Å². The van der Waals surface area contributed by atoms with Crippen LogP contribution in [0.5, 0.6) is 0 Å². The Kier molecular flexibility index (Phi) is 5.85. The number of benzene rings is 2. The van der Waals surface area contributed by atoms with Crippen LogP contribution < -0.4 is 0 Å². The average Bonchev–Trinajstić information content (AvgIpc) is 2.56. The van der Waals surface area contributed by atoms with E-state index in [1.807, 2.05) is 12.1 Å². The Bertz CT molecular complexity index is 649. The van der Waals surface area contributed by atoms with Crippen molar-refractivity contribution < 1.29 is 15.0 Å². The Labute approximate surface area is 141 Å². The predicted octanol–water partition coefficient (Wildman–Crippen LogP) is 4.16. The number of hydrogen-bond acceptors (Lipinski definition) is 3. The van der Waals surface area contributed by atoms with E-state index in [1.54, 1.807) is 18.7 Å². The van der Waals surface area contributed by atoms with Gasteiger partial charge >= 0.3 is 5.97 Å². The topological polar surface area (TPSA) is 57.5 Å². The second-order valence-corrected chi connectivity index (χ2v) is 7.23. The fourth-order valence-electron chi connectivity index (χ4n) is 2.14. The van der Waals surface area contributed by atoms with E-state index in [9.17, 15) is 15.0 Å². The Balaban J connectivity index is 1.97. The molecule has 0 aliphatic rings. The third-order valence-electron chi connectivity index (χ3n) is 4.01. The molecule has 2 aromatic carbocycles. The molecule has 0 amide bonds. The Morgan fingerprint density at radius 1 is 1.04 bits per heavy atom. The molecule has 0 aromatic heterocycles. The Hall–Kier alpha value is -1.78. The molecule has 23 heavy (non-hydrogen) atoms. The first-order valence-corrected chi connectivity index (χ1v) is 8.42. The van der Waals surface area contributed by atoms with E-state index in [0.29, 0.717) is 12.8 Å². The molecule has 2 aromatic rings. The molecule has 0 heterocycles. The maximum absolute atomic E-state index is 11.2. The number of aryl methyl sites for hydroxylation is 2. The highest BCUT2D eigenvalue weighted by atomic mass is 32.2. The van der Waals surface area contributed by atoms with Gasteiger partial charge in [0.1, 0.15) is 0 Å². The number of hydrogen-bond donors (Lipinski definition) is 2. The summed E-state index contributed by atoms with van der Waals surface area (Å²) in [6, 6.07) is 16.6. The van der Waals surface area contributed by atoms with Gasteiger partial charge < -0.3 is 10.2 Å². The molecule has 0 saturated heterocycles. The van der Waals surface area contributed by atoms with Crippen LogP contribution in [0.2, 0.25) is 0 Å². The van der Waals surface area contributed by atoms with Crippen molar-refractivity contribution >= 4 is 17.7 Å². The van der Waals surface area contributed by atoms with Gasteiger partial charge in [0.05, 0.1) is 12.0 Å². The lowest BCUT2D eigenvalue weighted by Crippen LogP contribution is -2.32. The predicted molar refractivity (Wildman–Crippen MR) is 92.9 cm³/mol. The molecular weight excluding hydrogens is 308 g/mol. The highest BCUT2D eigenvalue weighted by molar-refractivity contribution is 7.99. The summed E-state index contributed by atoms with van der Waals surface area (Å²) in [5.74, 6) is -0.952. The van der Waals surface area contributed by atoms with E-state index in [-0.39, 0.29) is 6.61 Å². The largest absolute Gasteiger partial charge is 0.481 e. The van der Waals surface area contributed by atoms with Crippen molar-refractivity contribution in [1.29, 1.82) is 0 Å². The second kappa shape index (κ2) is 7.66. The van der Waals surface area contributed by atoms with Gasteiger partial charge in [-0.15, -0.1) is 0 Å². The van der Waals surface area contributed by atoms with Gasteiger partial charge in [0.2, 0.25) is 0 Å². The van der Waals surface area contributed by atoms with Gasteiger partial charge in [-0.1, -0.05) is 41.6 Å². The molecule has 0 spiro atoms. The Morgan fingerprint density at radius 3 is 2.04 bits per heavy atom. The number of aliphatic hydroxyl groups is 1. The summed E-state index contributed by atoms with van der Waals surface area (Å²) in [5.41, 5.74) is 1.25. The van der Waals surface area contributed by atoms with Gasteiger partial charge in [-0.25, -0.2) is 0 Å². The minimum atomic E-state index is -1.07. The SMILES string of the molecule is Cc1ccc(Sc2ccc(CCC(C)(CO)C(=O)O)cc2)cc1. The van der Waals surface area contributed by atoms with Crippen LogP contribution in [0.1, 0.15) is 24.5 Å². The van der Waals surface area contributed by atoms with Gasteiger partial charge in [0.25, 0.3) is 0 Å². The van der Waals surface area contributed by atoms with Crippen molar-refractivity contribution in [3.8, 4) is 0 Å². The van der Waals surface area contributed by atoms with Crippen molar-refractivity contribution in [3.05, 3.63) is 59.7 Å². The Morgan fingerprint density at radius 2 is 1.57 bits per heavy atom. The van der Waals surface area contributed by atoms with E-state index in [0.717, 1.165) is 10.5 Å². The van der Waals surface area contributed by atoms with Crippen molar-refractivity contribution in [2.24, 2.45) is 5.41 Å². The molecule has 0 aliphatic heterocycles. The molecule has 0 saturated carbocycles. The molecule has 2 N–H and O–H groups in total. The molecule has 1 atom stereocenters. The standard InChI is InChI=1S/C19H22O3S/c1-14-3-7-16(8-4-14)23-17-9-5-15(6-10-17)11-12-19(2,13-20)18(21)22/h3-10,20H,11-13H2,1-2H3,(H,21,22). The molecule has 2 rings (SSSR count). The highest BCUT2D eigenvalue weighted by Crippen LogP contribution is 2.29. The van der Waals surface area contributed by atoms with Crippen molar-refractivity contribution in [1.82, 2.24) is 0 Å². The maximum atomic E-state index is 11.2. The molecule has 0 radical (unpaired) electrons. The number of rotatable bonds is 7. The summed E-state index contributed by atoms with van der Waals surface area (Å²) in [4.78, 5) is 13.5. The third-order valence-corrected chi connectivity index (χ3v) is 5.03. The summed E-state index contributed by atoms with van der Waals surface area (Å²) in [6.45, 7) is 3.31. The summed E-state index contributed by atoms with van der Waals surface area (Å²) < 4.78 is 0. The molecular formula is C19H22O3S. The van der Waals surface area contributed by atoms with Crippen LogP contribution in [0.3, 0.4) is 0 Å². The van der Waals surface area contributed by atoms with Crippen molar-refractivity contribution in [2.45, 2.75) is 36.5 Å². The molecule has 0 bridgehead atoms. The first-order chi connectivity index (χ1) is 10.9. The van der Waals surface area contributed by atoms with Gasteiger partial charge in [-0.2, -0.15) is 0 Å². The number of aliphatic carboxylic acids is 1.